The topological polar surface area (TPSA) is 99.8 Å². The number of aromatic nitrogens is 3. The fraction of sp³-hybridized carbons (Fsp3) is 0.667. The Morgan fingerprint density at radius 2 is 2.11 bits per heavy atom. The zero-order chi connectivity index (χ0) is 13.7. The van der Waals surface area contributed by atoms with E-state index < -0.39 is 0 Å². The Hall–Kier alpha value is -1.92. The molecule has 1 aliphatic rings. The lowest BCUT2D eigenvalue weighted by molar-refractivity contribution is -0.120. The number of hydrazine groups is 1. The largest absolute Gasteiger partial charge is 0.288 e. The maximum absolute atomic E-state index is 11.6. The summed E-state index contributed by atoms with van der Waals surface area (Å²) in [7, 11) is 0. The molecule has 0 radical (unpaired) electrons. The number of carbonyl (C=O) groups is 1. The second-order valence-electron chi connectivity index (χ2n) is 4.95. The Kier molecular flexibility index (Phi) is 4.48. The molecule has 1 amide bonds. The van der Waals surface area contributed by atoms with Gasteiger partial charge in [-0.05, 0) is 19.3 Å². The number of carbonyl (C=O) groups excluding carboxylic acids is 1. The highest BCUT2D eigenvalue weighted by atomic mass is 16.2. The third-order valence-electron chi connectivity index (χ3n) is 3.44. The smallest absolute Gasteiger partial charge is 0.274 e. The van der Waals surface area contributed by atoms with Gasteiger partial charge in [-0.3, -0.25) is 25.4 Å². The van der Waals surface area contributed by atoms with Crippen LogP contribution in [-0.2, 0) is 4.79 Å². The van der Waals surface area contributed by atoms with Crippen LogP contribution in [0.5, 0.6) is 0 Å². The van der Waals surface area contributed by atoms with Gasteiger partial charge in [0.05, 0.1) is 0 Å². The molecule has 0 aliphatic heterocycles. The second-order valence-corrected chi connectivity index (χ2v) is 4.95. The Bertz CT molecular complexity index is 493. The summed E-state index contributed by atoms with van der Waals surface area (Å²) in [5.41, 5.74) is 5.04. The van der Waals surface area contributed by atoms with Gasteiger partial charge >= 0.3 is 0 Å². The van der Waals surface area contributed by atoms with Crippen molar-refractivity contribution >= 4 is 11.9 Å². The maximum atomic E-state index is 11.6. The van der Waals surface area contributed by atoms with E-state index >= 15 is 0 Å². The highest BCUT2D eigenvalue weighted by Gasteiger charge is 2.16. The highest BCUT2D eigenvalue weighted by molar-refractivity contribution is 5.76. The molecular formula is C12H19N5O2. The van der Waals surface area contributed by atoms with Gasteiger partial charge in [0.15, 0.2) is 0 Å². The molecule has 0 aromatic carbocycles. The van der Waals surface area contributed by atoms with Crippen LogP contribution in [0.15, 0.2) is 4.79 Å². The first kappa shape index (κ1) is 13.5. The van der Waals surface area contributed by atoms with E-state index in [4.69, 9.17) is 0 Å². The van der Waals surface area contributed by atoms with Crippen molar-refractivity contribution in [2.45, 2.75) is 45.4 Å². The van der Waals surface area contributed by atoms with Crippen LogP contribution in [0, 0.1) is 12.8 Å². The number of hydrogen-bond donors (Lipinski definition) is 3. The minimum absolute atomic E-state index is 0.102. The lowest BCUT2D eigenvalue weighted by atomic mass is 10.0. The predicted octanol–water partition coefficient (Wildman–Crippen LogP) is 0.887. The molecular weight excluding hydrogens is 246 g/mol. The standard InChI is InChI=1S/C12H19N5O2/c1-8-11(19)13-12(16-14-8)17-15-10(18)7-6-9-4-2-3-5-9/h9H,2-7H2,1H3,(H,15,18)(H2,13,16,17,19). The van der Waals surface area contributed by atoms with E-state index in [0.717, 1.165) is 6.42 Å². The summed E-state index contributed by atoms with van der Waals surface area (Å²) >= 11 is 0. The molecule has 1 aromatic heterocycles. The second kappa shape index (κ2) is 6.31. The van der Waals surface area contributed by atoms with Gasteiger partial charge in [0.1, 0.15) is 5.69 Å². The van der Waals surface area contributed by atoms with Crippen LogP contribution in [0.25, 0.3) is 0 Å². The van der Waals surface area contributed by atoms with Crippen molar-refractivity contribution in [3.8, 4) is 0 Å². The molecule has 0 saturated heterocycles. The molecule has 3 N–H and O–H groups in total. The molecule has 0 spiro atoms. The van der Waals surface area contributed by atoms with Gasteiger partial charge in [0, 0.05) is 6.42 Å². The summed E-state index contributed by atoms with van der Waals surface area (Å²) in [6.45, 7) is 1.57. The first-order chi connectivity index (χ1) is 9.15. The monoisotopic (exact) mass is 265 g/mol. The average molecular weight is 265 g/mol. The van der Waals surface area contributed by atoms with Gasteiger partial charge in [0.2, 0.25) is 11.9 Å². The minimum atomic E-state index is -0.322. The Balaban J connectivity index is 1.73. The summed E-state index contributed by atoms with van der Waals surface area (Å²) in [6, 6.07) is 0. The quantitative estimate of drug-likeness (QED) is 0.686. The van der Waals surface area contributed by atoms with E-state index in [1.165, 1.54) is 25.7 Å². The summed E-state index contributed by atoms with van der Waals surface area (Å²) in [5.74, 6) is 0.727. The predicted molar refractivity (Wildman–Crippen MR) is 70.3 cm³/mol. The normalized spacial score (nSPS) is 15.4. The number of rotatable bonds is 5. The fourth-order valence-electron chi connectivity index (χ4n) is 2.28. The van der Waals surface area contributed by atoms with E-state index in [1.54, 1.807) is 6.92 Å². The van der Waals surface area contributed by atoms with Crippen molar-refractivity contribution in [1.29, 1.82) is 0 Å². The molecule has 0 unspecified atom stereocenters. The summed E-state index contributed by atoms with van der Waals surface area (Å²) in [6.07, 6.45) is 6.44. The van der Waals surface area contributed by atoms with Crippen LogP contribution >= 0.6 is 0 Å². The fourth-order valence-corrected chi connectivity index (χ4v) is 2.28. The lowest BCUT2D eigenvalue weighted by Crippen LogP contribution is -2.32. The Morgan fingerprint density at radius 1 is 1.37 bits per heavy atom. The van der Waals surface area contributed by atoms with E-state index in [9.17, 15) is 9.59 Å². The molecule has 1 heterocycles. The number of nitrogens with one attached hydrogen (secondary N) is 3. The number of aryl methyl sites for hydroxylation is 1. The third kappa shape index (κ3) is 4.04. The van der Waals surface area contributed by atoms with Crippen molar-refractivity contribution in [2.75, 3.05) is 5.43 Å². The van der Waals surface area contributed by atoms with Gasteiger partial charge in [-0.2, -0.15) is 0 Å². The number of aromatic amines is 1. The van der Waals surface area contributed by atoms with Gasteiger partial charge in [-0.1, -0.05) is 25.7 Å². The number of hydrogen-bond acceptors (Lipinski definition) is 5. The molecule has 0 bridgehead atoms. The average Bonchev–Trinajstić information content (AvgIpc) is 2.91. The van der Waals surface area contributed by atoms with Crippen LogP contribution < -0.4 is 16.4 Å². The highest BCUT2D eigenvalue weighted by Crippen LogP contribution is 2.28. The minimum Gasteiger partial charge on any atom is -0.288 e. The number of nitrogens with zero attached hydrogens (tertiary/aromatic N) is 2. The van der Waals surface area contributed by atoms with Crippen molar-refractivity contribution in [2.24, 2.45) is 5.92 Å². The van der Waals surface area contributed by atoms with Gasteiger partial charge in [-0.15, -0.1) is 10.2 Å². The van der Waals surface area contributed by atoms with Crippen LogP contribution in [0.4, 0.5) is 5.95 Å². The first-order valence-corrected chi connectivity index (χ1v) is 6.63. The molecule has 0 atom stereocenters. The van der Waals surface area contributed by atoms with Crippen LogP contribution in [0.2, 0.25) is 0 Å². The summed E-state index contributed by atoms with van der Waals surface area (Å²) < 4.78 is 0. The molecule has 7 nitrogen and oxygen atoms in total. The van der Waals surface area contributed by atoms with Crippen LogP contribution in [0.3, 0.4) is 0 Å². The third-order valence-corrected chi connectivity index (χ3v) is 3.44. The molecule has 19 heavy (non-hydrogen) atoms. The van der Waals surface area contributed by atoms with Crippen LogP contribution in [-0.4, -0.2) is 21.1 Å². The van der Waals surface area contributed by atoms with Crippen molar-refractivity contribution < 1.29 is 4.79 Å². The van der Waals surface area contributed by atoms with Crippen molar-refractivity contribution in [3.63, 3.8) is 0 Å². The maximum Gasteiger partial charge on any atom is 0.274 e. The summed E-state index contributed by atoms with van der Waals surface area (Å²) in [5, 5.41) is 7.38. The van der Waals surface area contributed by atoms with E-state index in [0.29, 0.717) is 12.3 Å². The Labute approximate surface area is 111 Å². The zero-order valence-corrected chi connectivity index (χ0v) is 11.0. The molecule has 104 valence electrons. The number of H-pyrrole nitrogens is 1. The van der Waals surface area contributed by atoms with E-state index in [2.05, 4.69) is 26.0 Å². The molecule has 1 saturated carbocycles. The Morgan fingerprint density at radius 3 is 2.79 bits per heavy atom. The van der Waals surface area contributed by atoms with Gasteiger partial charge < -0.3 is 0 Å². The molecule has 7 heteroatoms. The first-order valence-electron chi connectivity index (χ1n) is 6.63. The zero-order valence-electron chi connectivity index (χ0n) is 11.0. The summed E-state index contributed by atoms with van der Waals surface area (Å²) in [4.78, 5) is 25.4. The SMILES string of the molecule is Cc1nnc(NNC(=O)CCC2CCCC2)[nH]c1=O. The lowest BCUT2D eigenvalue weighted by Gasteiger charge is -2.09. The number of anilines is 1. The van der Waals surface area contributed by atoms with Crippen molar-refractivity contribution in [1.82, 2.24) is 20.6 Å². The van der Waals surface area contributed by atoms with E-state index in [-0.39, 0.29) is 23.1 Å². The van der Waals surface area contributed by atoms with Crippen molar-refractivity contribution in [3.05, 3.63) is 16.0 Å². The molecule has 1 aromatic rings. The van der Waals surface area contributed by atoms with Gasteiger partial charge in [-0.25, -0.2) is 0 Å². The van der Waals surface area contributed by atoms with E-state index in [1.807, 2.05) is 0 Å². The molecule has 1 fully saturated rings. The molecule has 2 rings (SSSR count). The number of amides is 1. The van der Waals surface area contributed by atoms with Gasteiger partial charge in [0.25, 0.3) is 5.56 Å². The van der Waals surface area contributed by atoms with Crippen LogP contribution in [0.1, 0.15) is 44.2 Å². The molecule has 1 aliphatic carbocycles.